The lowest BCUT2D eigenvalue weighted by atomic mass is 10.1. The lowest BCUT2D eigenvalue weighted by Crippen LogP contribution is -1.95. The predicted octanol–water partition coefficient (Wildman–Crippen LogP) is 2.61. The van der Waals surface area contributed by atoms with Crippen LogP contribution >= 0.6 is 11.6 Å². The molecule has 2 aromatic rings. The van der Waals surface area contributed by atoms with E-state index in [1.165, 1.54) is 6.07 Å². The summed E-state index contributed by atoms with van der Waals surface area (Å²) in [5.74, 6) is 0.0420. The van der Waals surface area contributed by atoms with E-state index < -0.39 is 4.92 Å². The molecule has 2 rings (SSSR count). The first-order valence-corrected chi connectivity index (χ1v) is 4.71. The predicted molar refractivity (Wildman–Crippen MR) is 56.1 cm³/mol. The van der Waals surface area contributed by atoms with Crippen LogP contribution in [0.25, 0.3) is 11.5 Å². The maximum atomic E-state index is 10.9. The van der Waals surface area contributed by atoms with Gasteiger partial charge in [-0.2, -0.15) is 0 Å². The largest absolute Gasteiger partial charge is 0.407 e. The Morgan fingerprint density at radius 3 is 2.75 bits per heavy atom. The van der Waals surface area contributed by atoms with Crippen LogP contribution in [0, 0.1) is 17.0 Å². The molecular formula is C9H6ClN3O3. The minimum Gasteiger partial charge on any atom is -0.407 e. The van der Waals surface area contributed by atoms with Gasteiger partial charge in [-0.25, -0.2) is 0 Å². The van der Waals surface area contributed by atoms with Crippen LogP contribution < -0.4 is 0 Å². The molecule has 0 aliphatic heterocycles. The van der Waals surface area contributed by atoms with E-state index in [0.717, 1.165) is 0 Å². The summed E-state index contributed by atoms with van der Waals surface area (Å²) in [5.41, 5.74) is 0.740. The summed E-state index contributed by atoms with van der Waals surface area (Å²) in [6.07, 6.45) is 0. The van der Waals surface area contributed by atoms with Crippen LogP contribution in [0.3, 0.4) is 0 Å². The number of aryl methyl sites for hydroxylation is 1. The molecule has 0 atom stereocenters. The van der Waals surface area contributed by atoms with Crippen molar-refractivity contribution < 1.29 is 9.34 Å². The quantitative estimate of drug-likeness (QED) is 0.594. The van der Waals surface area contributed by atoms with Gasteiger partial charge in [0.1, 0.15) is 5.56 Å². The molecule has 0 aliphatic rings. The first kappa shape index (κ1) is 10.6. The van der Waals surface area contributed by atoms with Crippen molar-refractivity contribution in [2.45, 2.75) is 6.92 Å². The summed E-state index contributed by atoms with van der Waals surface area (Å²) in [5, 5.41) is 17.8. The molecular weight excluding hydrogens is 234 g/mol. The summed E-state index contributed by atoms with van der Waals surface area (Å²) in [4.78, 5) is 10.4. The van der Waals surface area contributed by atoms with Crippen molar-refractivity contribution in [3.05, 3.63) is 39.2 Å². The fraction of sp³-hybridized carbons (Fsp3) is 0.111. The minimum absolute atomic E-state index is 0.0420. The molecule has 0 amide bonds. The normalized spacial score (nSPS) is 10.4. The maximum Gasteiger partial charge on any atom is 0.313 e. The van der Waals surface area contributed by atoms with Crippen molar-refractivity contribution >= 4 is 17.3 Å². The number of rotatable bonds is 2. The standard InChI is InChI=1S/C9H6ClN3O3/c1-5-3-2-4-6(7(5)13(14)15)8-11-12-9(10)16-8/h2-4H,1H3. The van der Waals surface area contributed by atoms with Gasteiger partial charge in [0.15, 0.2) is 0 Å². The van der Waals surface area contributed by atoms with Crippen molar-refractivity contribution in [3.8, 4) is 11.5 Å². The number of nitro benzene ring substituents is 1. The number of aromatic nitrogens is 2. The molecule has 0 saturated carbocycles. The van der Waals surface area contributed by atoms with E-state index in [1.807, 2.05) is 0 Å². The van der Waals surface area contributed by atoms with Gasteiger partial charge in [0.05, 0.1) is 4.92 Å². The van der Waals surface area contributed by atoms with Gasteiger partial charge in [-0.15, -0.1) is 5.10 Å². The van der Waals surface area contributed by atoms with Crippen LogP contribution in [0.2, 0.25) is 5.35 Å². The lowest BCUT2D eigenvalue weighted by Gasteiger charge is -2.00. The Labute approximate surface area is 95.0 Å². The third kappa shape index (κ3) is 1.74. The summed E-state index contributed by atoms with van der Waals surface area (Å²) < 4.78 is 4.95. The molecule has 0 bridgehead atoms. The van der Waals surface area contributed by atoms with E-state index in [1.54, 1.807) is 19.1 Å². The fourth-order valence-electron chi connectivity index (χ4n) is 1.39. The zero-order chi connectivity index (χ0) is 11.7. The smallest absolute Gasteiger partial charge is 0.313 e. The first-order valence-electron chi connectivity index (χ1n) is 4.33. The number of nitrogens with zero attached hydrogens (tertiary/aromatic N) is 3. The van der Waals surface area contributed by atoms with Crippen LogP contribution in [-0.4, -0.2) is 15.1 Å². The molecule has 1 heterocycles. The molecule has 0 spiro atoms. The molecule has 7 heteroatoms. The number of halogens is 1. The van der Waals surface area contributed by atoms with E-state index in [9.17, 15) is 10.1 Å². The summed E-state index contributed by atoms with van der Waals surface area (Å²) in [6.45, 7) is 1.64. The molecule has 0 fully saturated rings. The Morgan fingerprint density at radius 1 is 1.44 bits per heavy atom. The molecule has 0 N–H and O–H groups in total. The summed E-state index contributed by atoms with van der Waals surface area (Å²) >= 11 is 5.47. The highest BCUT2D eigenvalue weighted by Crippen LogP contribution is 2.31. The minimum atomic E-state index is -0.483. The van der Waals surface area contributed by atoms with E-state index >= 15 is 0 Å². The number of hydrogen-bond donors (Lipinski definition) is 0. The van der Waals surface area contributed by atoms with Gasteiger partial charge in [0.2, 0.25) is 0 Å². The molecule has 1 aromatic carbocycles. The Hall–Kier alpha value is -1.95. The van der Waals surface area contributed by atoms with Crippen LogP contribution in [0.15, 0.2) is 22.6 Å². The average molecular weight is 240 g/mol. The molecule has 0 radical (unpaired) electrons. The van der Waals surface area contributed by atoms with E-state index in [0.29, 0.717) is 5.56 Å². The molecule has 6 nitrogen and oxygen atoms in total. The van der Waals surface area contributed by atoms with E-state index in [-0.39, 0.29) is 22.5 Å². The molecule has 82 valence electrons. The number of nitro groups is 1. The van der Waals surface area contributed by atoms with Crippen molar-refractivity contribution in [1.29, 1.82) is 0 Å². The lowest BCUT2D eigenvalue weighted by molar-refractivity contribution is -0.384. The van der Waals surface area contributed by atoms with Crippen LogP contribution in [0.5, 0.6) is 0 Å². The average Bonchev–Trinajstić information content (AvgIpc) is 2.63. The van der Waals surface area contributed by atoms with Crippen LogP contribution in [0.1, 0.15) is 5.56 Å². The monoisotopic (exact) mass is 239 g/mol. The summed E-state index contributed by atoms with van der Waals surface area (Å²) in [6, 6.07) is 4.85. The number of benzene rings is 1. The third-order valence-corrected chi connectivity index (χ3v) is 2.20. The fourth-order valence-corrected chi connectivity index (χ4v) is 1.50. The van der Waals surface area contributed by atoms with Crippen molar-refractivity contribution in [2.75, 3.05) is 0 Å². The van der Waals surface area contributed by atoms with Gasteiger partial charge in [-0.05, 0) is 24.6 Å². The Morgan fingerprint density at radius 2 is 2.19 bits per heavy atom. The second-order valence-electron chi connectivity index (χ2n) is 3.09. The summed E-state index contributed by atoms with van der Waals surface area (Å²) in [7, 11) is 0. The molecule has 0 aliphatic carbocycles. The Bertz CT molecular complexity index is 553. The van der Waals surface area contributed by atoms with Gasteiger partial charge in [0, 0.05) is 5.56 Å². The van der Waals surface area contributed by atoms with Gasteiger partial charge in [-0.3, -0.25) is 10.1 Å². The Balaban J connectivity index is 2.65. The van der Waals surface area contributed by atoms with Crippen LogP contribution in [0.4, 0.5) is 5.69 Å². The number of hydrogen-bond acceptors (Lipinski definition) is 5. The first-order chi connectivity index (χ1) is 7.59. The van der Waals surface area contributed by atoms with Crippen LogP contribution in [-0.2, 0) is 0 Å². The number of para-hydroxylation sites is 1. The van der Waals surface area contributed by atoms with Gasteiger partial charge in [0.25, 0.3) is 11.6 Å². The molecule has 1 aromatic heterocycles. The Kier molecular flexibility index (Phi) is 2.57. The van der Waals surface area contributed by atoms with Gasteiger partial charge >= 0.3 is 5.35 Å². The highest BCUT2D eigenvalue weighted by Gasteiger charge is 2.22. The van der Waals surface area contributed by atoms with Crippen molar-refractivity contribution in [1.82, 2.24) is 10.2 Å². The van der Waals surface area contributed by atoms with E-state index in [4.69, 9.17) is 16.0 Å². The third-order valence-electron chi connectivity index (χ3n) is 2.05. The van der Waals surface area contributed by atoms with Gasteiger partial charge in [-0.1, -0.05) is 17.2 Å². The molecule has 0 saturated heterocycles. The van der Waals surface area contributed by atoms with Gasteiger partial charge < -0.3 is 4.42 Å². The SMILES string of the molecule is Cc1cccc(-c2nnc(Cl)o2)c1[N+](=O)[O-]. The highest BCUT2D eigenvalue weighted by molar-refractivity contribution is 6.27. The second-order valence-corrected chi connectivity index (χ2v) is 3.41. The maximum absolute atomic E-state index is 10.9. The second kappa shape index (κ2) is 3.90. The molecule has 0 unspecified atom stereocenters. The zero-order valence-corrected chi connectivity index (χ0v) is 8.93. The highest BCUT2D eigenvalue weighted by atomic mass is 35.5. The van der Waals surface area contributed by atoms with E-state index in [2.05, 4.69) is 10.2 Å². The van der Waals surface area contributed by atoms with Crippen molar-refractivity contribution in [3.63, 3.8) is 0 Å². The zero-order valence-electron chi connectivity index (χ0n) is 8.18. The van der Waals surface area contributed by atoms with Crippen molar-refractivity contribution in [2.24, 2.45) is 0 Å². The molecule has 16 heavy (non-hydrogen) atoms. The topological polar surface area (TPSA) is 82.1 Å².